The van der Waals surface area contributed by atoms with Crippen molar-refractivity contribution < 1.29 is 9.21 Å². The number of allylic oxidation sites excluding steroid dienone is 2. The van der Waals surface area contributed by atoms with E-state index in [0.29, 0.717) is 11.8 Å². The minimum absolute atomic E-state index is 0.00380. The van der Waals surface area contributed by atoms with Crippen LogP contribution in [0.4, 0.5) is 0 Å². The van der Waals surface area contributed by atoms with Crippen LogP contribution in [0.3, 0.4) is 0 Å². The molecule has 0 saturated carbocycles. The molecule has 0 atom stereocenters. The summed E-state index contributed by atoms with van der Waals surface area (Å²) < 4.78 is 5.40. The highest BCUT2D eigenvalue weighted by Gasteiger charge is 2.24. The molecular formula is C16H22ClNO2S. The topological polar surface area (TPSA) is 33.5 Å². The molecule has 116 valence electrons. The summed E-state index contributed by atoms with van der Waals surface area (Å²) in [4.78, 5) is 15.4. The number of halogens is 1. The van der Waals surface area contributed by atoms with Gasteiger partial charge in [-0.25, -0.2) is 0 Å². The Hall–Kier alpha value is -0.870. The van der Waals surface area contributed by atoms with Crippen LogP contribution in [0.5, 0.6) is 0 Å². The fraction of sp³-hybridized carbons (Fsp3) is 0.562. The molecule has 0 aliphatic heterocycles. The zero-order valence-electron chi connectivity index (χ0n) is 12.6. The molecule has 3 nitrogen and oxygen atoms in total. The van der Waals surface area contributed by atoms with E-state index in [1.54, 1.807) is 6.26 Å². The summed E-state index contributed by atoms with van der Waals surface area (Å²) in [5, 5.41) is 0.518. The van der Waals surface area contributed by atoms with Gasteiger partial charge in [0.05, 0.1) is 12.8 Å². The molecule has 0 bridgehead atoms. The lowest BCUT2D eigenvalue weighted by Gasteiger charge is -2.30. The summed E-state index contributed by atoms with van der Waals surface area (Å²) in [7, 11) is 0. The Morgan fingerprint density at radius 3 is 2.81 bits per heavy atom. The van der Waals surface area contributed by atoms with E-state index in [4.69, 9.17) is 16.0 Å². The van der Waals surface area contributed by atoms with Crippen LogP contribution in [0.15, 0.2) is 33.4 Å². The van der Waals surface area contributed by atoms with E-state index in [9.17, 15) is 4.79 Å². The molecule has 0 saturated heterocycles. The number of hydrogen-bond donors (Lipinski definition) is 0. The Morgan fingerprint density at radius 1 is 1.43 bits per heavy atom. The van der Waals surface area contributed by atoms with Gasteiger partial charge < -0.3 is 9.32 Å². The second-order valence-electron chi connectivity index (χ2n) is 5.44. The van der Waals surface area contributed by atoms with Crippen LogP contribution in [0.25, 0.3) is 0 Å². The molecule has 0 unspecified atom stereocenters. The second kappa shape index (κ2) is 7.95. The van der Waals surface area contributed by atoms with E-state index in [1.807, 2.05) is 28.8 Å². The molecule has 21 heavy (non-hydrogen) atoms. The third-order valence-corrected chi connectivity index (χ3v) is 4.83. The van der Waals surface area contributed by atoms with Gasteiger partial charge in [0.15, 0.2) is 0 Å². The molecule has 1 aliphatic carbocycles. The van der Waals surface area contributed by atoms with Gasteiger partial charge in [-0.1, -0.05) is 13.8 Å². The van der Waals surface area contributed by atoms with Gasteiger partial charge in [0.1, 0.15) is 11.6 Å². The molecule has 1 aliphatic rings. The van der Waals surface area contributed by atoms with Crippen molar-refractivity contribution >= 4 is 29.3 Å². The van der Waals surface area contributed by atoms with E-state index >= 15 is 0 Å². The third-order valence-electron chi connectivity index (χ3n) is 3.40. The maximum Gasteiger partial charge on any atom is 0.242 e. The van der Waals surface area contributed by atoms with Crippen LogP contribution in [-0.4, -0.2) is 21.9 Å². The Morgan fingerprint density at radius 2 is 2.19 bits per heavy atom. The summed E-state index contributed by atoms with van der Waals surface area (Å²) >= 11 is 7.67. The number of amides is 1. The van der Waals surface area contributed by atoms with Crippen molar-refractivity contribution in [1.82, 2.24) is 4.90 Å². The molecule has 0 N–H and O–H groups in total. The average Bonchev–Trinajstić information content (AvgIpc) is 2.97. The first-order chi connectivity index (χ1) is 10.1. The normalized spacial score (nSPS) is 15.6. The van der Waals surface area contributed by atoms with Gasteiger partial charge in [0, 0.05) is 15.9 Å². The molecule has 1 heterocycles. The van der Waals surface area contributed by atoms with Crippen LogP contribution >= 0.6 is 23.4 Å². The Labute approximate surface area is 135 Å². The van der Waals surface area contributed by atoms with E-state index in [1.165, 1.54) is 11.3 Å². The molecule has 0 aromatic carbocycles. The predicted octanol–water partition coefficient (Wildman–Crippen LogP) is 4.77. The number of furan rings is 1. The number of nitrogens with zero attached hydrogens (tertiary/aromatic N) is 1. The predicted molar refractivity (Wildman–Crippen MR) is 88.2 cm³/mol. The number of thioether (sulfide) groups is 1. The number of carbonyl (C=O) groups is 1. The first kappa shape index (κ1) is 16.5. The highest BCUT2D eigenvalue weighted by atomic mass is 35.5. The lowest BCUT2D eigenvalue weighted by Crippen LogP contribution is -2.32. The number of carbonyl (C=O) groups excluding carboxylic acids is 1. The van der Waals surface area contributed by atoms with Gasteiger partial charge in [0.2, 0.25) is 5.91 Å². The highest BCUT2D eigenvalue weighted by molar-refractivity contribution is 8.03. The number of hydrogen-bond acceptors (Lipinski definition) is 3. The zero-order valence-corrected chi connectivity index (χ0v) is 14.2. The monoisotopic (exact) mass is 327 g/mol. The molecule has 1 amide bonds. The number of alkyl halides is 1. The van der Waals surface area contributed by atoms with Crippen molar-refractivity contribution in [3.8, 4) is 0 Å². The maximum atomic E-state index is 12.3. The van der Waals surface area contributed by atoms with Gasteiger partial charge in [-0.3, -0.25) is 4.79 Å². The molecule has 0 spiro atoms. The first-order valence-electron chi connectivity index (χ1n) is 7.39. The van der Waals surface area contributed by atoms with Gasteiger partial charge in [-0.05, 0) is 37.8 Å². The Kier molecular flexibility index (Phi) is 6.24. The smallest absolute Gasteiger partial charge is 0.242 e. The van der Waals surface area contributed by atoms with Crippen molar-refractivity contribution in [1.29, 1.82) is 0 Å². The van der Waals surface area contributed by atoms with Gasteiger partial charge in [0.25, 0.3) is 0 Å². The quantitative estimate of drug-likeness (QED) is 0.705. The van der Waals surface area contributed by atoms with E-state index in [-0.39, 0.29) is 11.8 Å². The van der Waals surface area contributed by atoms with Crippen LogP contribution in [0, 0.1) is 0 Å². The fourth-order valence-electron chi connectivity index (χ4n) is 2.52. The minimum atomic E-state index is -0.0492. The Bertz CT molecular complexity index is 496. The maximum absolute atomic E-state index is 12.3. The lowest BCUT2D eigenvalue weighted by molar-refractivity contribution is -0.127. The van der Waals surface area contributed by atoms with Crippen LogP contribution in [0.2, 0.25) is 0 Å². The molecule has 0 fully saturated rings. The summed E-state index contributed by atoms with van der Waals surface area (Å²) in [6.45, 7) is 4.84. The van der Waals surface area contributed by atoms with Gasteiger partial charge >= 0.3 is 0 Å². The minimum Gasteiger partial charge on any atom is -0.467 e. The summed E-state index contributed by atoms with van der Waals surface area (Å²) in [5.41, 5.74) is 1.14. The summed E-state index contributed by atoms with van der Waals surface area (Å²) in [5.74, 6) is 0.747. The van der Waals surface area contributed by atoms with Crippen molar-refractivity contribution in [2.45, 2.75) is 51.3 Å². The van der Waals surface area contributed by atoms with Crippen LogP contribution < -0.4 is 0 Å². The first-order valence-corrected chi connectivity index (χ1v) is 8.80. The zero-order chi connectivity index (χ0) is 15.2. The Balaban J connectivity index is 2.28. The molecule has 2 rings (SSSR count). The standard InChI is InChI=1S/C16H22ClNO2S/c1-12(2)21-15-8-4-3-7-14(15)18(16(19)10-17)11-13-6-5-9-20-13/h5-6,9,12H,3-4,7-8,10-11H2,1-2H3. The molecule has 0 radical (unpaired) electrons. The van der Waals surface area contributed by atoms with Crippen molar-refractivity contribution in [3.05, 3.63) is 34.8 Å². The highest BCUT2D eigenvalue weighted by Crippen LogP contribution is 2.37. The fourth-order valence-corrected chi connectivity index (χ4v) is 3.85. The molecule has 1 aromatic heterocycles. The van der Waals surface area contributed by atoms with E-state index in [2.05, 4.69) is 13.8 Å². The number of rotatable bonds is 6. The van der Waals surface area contributed by atoms with Crippen molar-refractivity contribution in [2.75, 3.05) is 5.88 Å². The average molecular weight is 328 g/mol. The SMILES string of the molecule is CC(C)SC1=C(N(Cc2ccco2)C(=O)CCl)CCCC1. The molecule has 1 aromatic rings. The van der Waals surface area contributed by atoms with E-state index < -0.39 is 0 Å². The lowest BCUT2D eigenvalue weighted by atomic mass is 10.0. The largest absolute Gasteiger partial charge is 0.467 e. The van der Waals surface area contributed by atoms with Crippen molar-refractivity contribution in [3.63, 3.8) is 0 Å². The van der Waals surface area contributed by atoms with E-state index in [0.717, 1.165) is 30.7 Å². The third kappa shape index (κ3) is 4.55. The van der Waals surface area contributed by atoms with Crippen LogP contribution in [0.1, 0.15) is 45.3 Å². The summed E-state index contributed by atoms with van der Waals surface area (Å²) in [6, 6.07) is 3.74. The molecular weight excluding hydrogens is 306 g/mol. The van der Waals surface area contributed by atoms with Gasteiger partial charge in [-0.2, -0.15) is 0 Å². The van der Waals surface area contributed by atoms with Crippen LogP contribution in [-0.2, 0) is 11.3 Å². The molecule has 5 heteroatoms. The summed E-state index contributed by atoms with van der Waals surface area (Å²) in [6.07, 6.45) is 5.96. The van der Waals surface area contributed by atoms with Crippen molar-refractivity contribution in [2.24, 2.45) is 0 Å². The second-order valence-corrected chi connectivity index (χ2v) is 7.38. The van der Waals surface area contributed by atoms with Gasteiger partial charge in [-0.15, -0.1) is 23.4 Å².